The third kappa shape index (κ3) is 2.72. The summed E-state index contributed by atoms with van der Waals surface area (Å²) in [5.74, 6) is 0.647. The summed E-state index contributed by atoms with van der Waals surface area (Å²) in [6.07, 6.45) is 2.05. The normalized spacial score (nSPS) is 12.6. The van der Waals surface area contributed by atoms with E-state index in [4.69, 9.17) is 4.74 Å². The number of ether oxygens (including phenoxy) is 1. The van der Waals surface area contributed by atoms with Gasteiger partial charge in [0.15, 0.2) is 11.6 Å². The molecule has 0 saturated heterocycles. The quantitative estimate of drug-likeness (QED) is 0.717. The highest BCUT2D eigenvalue weighted by Crippen LogP contribution is 2.20. The Hall–Kier alpha value is -1.05. The molecule has 1 aromatic carbocycles. The van der Waals surface area contributed by atoms with Crippen LogP contribution in [0.3, 0.4) is 0 Å². The zero-order chi connectivity index (χ0) is 10.6. The number of hydrogen-bond acceptors (Lipinski definition) is 1. The molecule has 0 aliphatic carbocycles. The number of methoxy groups -OCH3 is 1. The van der Waals surface area contributed by atoms with Crippen molar-refractivity contribution in [3.8, 4) is 5.75 Å². The second kappa shape index (κ2) is 4.99. The number of hydrogen-bond donors (Lipinski definition) is 0. The van der Waals surface area contributed by atoms with Gasteiger partial charge in [-0.15, -0.1) is 0 Å². The first-order chi connectivity index (χ1) is 6.67. The molecule has 0 amide bonds. The van der Waals surface area contributed by atoms with Gasteiger partial charge in [0.2, 0.25) is 0 Å². The molecule has 1 aromatic rings. The van der Waals surface area contributed by atoms with Gasteiger partial charge in [-0.25, -0.2) is 4.39 Å². The Labute approximate surface area is 84.9 Å². The summed E-state index contributed by atoms with van der Waals surface area (Å²) in [5, 5.41) is 0. The molecule has 0 aromatic heterocycles. The van der Waals surface area contributed by atoms with Gasteiger partial charge in [-0.2, -0.15) is 0 Å². The fourth-order valence-corrected chi connectivity index (χ4v) is 1.38. The largest absolute Gasteiger partial charge is 0.494 e. The van der Waals surface area contributed by atoms with E-state index < -0.39 is 0 Å². The lowest BCUT2D eigenvalue weighted by molar-refractivity contribution is 0.386. The van der Waals surface area contributed by atoms with Crippen molar-refractivity contribution in [3.05, 3.63) is 29.6 Å². The van der Waals surface area contributed by atoms with E-state index >= 15 is 0 Å². The summed E-state index contributed by atoms with van der Waals surface area (Å²) in [7, 11) is 1.48. The monoisotopic (exact) mass is 196 g/mol. The third-order valence-electron chi connectivity index (χ3n) is 2.50. The van der Waals surface area contributed by atoms with Crippen molar-refractivity contribution in [1.82, 2.24) is 0 Å². The minimum absolute atomic E-state index is 0.270. The molecule has 0 aliphatic heterocycles. The van der Waals surface area contributed by atoms with Crippen LogP contribution in [0.5, 0.6) is 5.75 Å². The van der Waals surface area contributed by atoms with Crippen molar-refractivity contribution in [2.24, 2.45) is 5.92 Å². The molecular formula is C12H17FO. The first-order valence-electron chi connectivity index (χ1n) is 4.99. The van der Waals surface area contributed by atoms with Gasteiger partial charge in [-0.3, -0.25) is 0 Å². The predicted octanol–water partition coefficient (Wildman–Crippen LogP) is 3.42. The Morgan fingerprint density at radius 3 is 2.64 bits per heavy atom. The molecule has 1 nitrogen and oxygen atoms in total. The Morgan fingerprint density at radius 1 is 1.43 bits per heavy atom. The lowest BCUT2D eigenvalue weighted by atomic mass is 9.99. The molecule has 0 radical (unpaired) electrons. The molecule has 0 bridgehead atoms. The van der Waals surface area contributed by atoms with E-state index in [0.29, 0.717) is 11.7 Å². The molecule has 0 saturated carbocycles. The maximum absolute atomic E-state index is 13.3. The van der Waals surface area contributed by atoms with E-state index in [1.165, 1.54) is 7.11 Å². The summed E-state index contributed by atoms with van der Waals surface area (Å²) >= 11 is 0. The zero-order valence-corrected chi connectivity index (χ0v) is 9.01. The van der Waals surface area contributed by atoms with E-state index in [9.17, 15) is 4.39 Å². The zero-order valence-electron chi connectivity index (χ0n) is 9.01. The lowest BCUT2D eigenvalue weighted by Crippen LogP contribution is -1.98. The summed E-state index contributed by atoms with van der Waals surface area (Å²) < 4.78 is 18.1. The van der Waals surface area contributed by atoms with Crippen LogP contribution in [0, 0.1) is 11.7 Å². The second-order valence-corrected chi connectivity index (χ2v) is 3.69. The molecule has 0 spiro atoms. The van der Waals surface area contributed by atoms with Crippen LogP contribution >= 0.6 is 0 Å². The molecule has 0 aliphatic rings. The molecule has 0 N–H and O–H groups in total. The van der Waals surface area contributed by atoms with Crippen molar-refractivity contribution in [2.75, 3.05) is 7.11 Å². The Kier molecular flexibility index (Phi) is 3.93. The molecule has 0 fully saturated rings. The average molecular weight is 196 g/mol. The first-order valence-corrected chi connectivity index (χ1v) is 4.99. The Balaban J connectivity index is 2.76. The molecule has 78 valence electrons. The van der Waals surface area contributed by atoms with E-state index in [0.717, 1.165) is 18.4 Å². The van der Waals surface area contributed by atoms with Crippen molar-refractivity contribution in [1.29, 1.82) is 0 Å². The molecule has 14 heavy (non-hydrogen) atoms. The number of halogens is 1. The van der Waals surface area contributed by atoms with Crippen LogP contribution in [0.2, 0.25) is 0 Å². The van der Waals surface area contributed by atoms with Crippen molar-refractivity contribution in [3.63, 3.8) is 0 Å². The molecule has 1 rings (SSSR count). The van der Waals surface area contributed by atoms with Gasteiger partial charge in [-0.1, -0.05) is 26.3 Å². The minimum Gasteiger partial charge on any atom is -0.494 e. The highest BCUT2D eigenvalue weighted by molar-refractivity contribution is 5.29. The SMILES string of the molecule is CCC(C)Cc1ccc(OC)c(F)c1. The highest BCUT2D eigenvalue weighted by Gasteiger charge is 2.05. The summed E-state index contributed by atoms with van der Waals surface area (Å²) in [5.41, 5.74) is 1.04. The Morgan fingerprint density at radius 2 is 2.14 bits per heavy atom. The molecule has 0 heterocycles. The van der Waals surface area contributed by atoms with Gasteiger partial charge in [0, 0.05) is 0 Å². The molecule has 2 heteroatoms. The van der Waals surface area contributed by atoms with Crippen LogP contribution < -0.4 is 4.74 Å². The van der Waals surface area contributed by atoms with Gasteiger partial charge < -0.3 is 4.74 Å². The summed E-state index contributed by atoms with van der Waals surface area (Å²) in [6.45, 7) is 4.31. The molecule has 1 unspecified atom stereocenters. The maximum atomic E-state index is 13.3. The van der Waals surface area contributed by atoms with Crippen LogP contribution in [0.4, 0.5) is 4.39 Å². The average Bonchev–Trinajstić information content (AvgIpc) is 2.18. The van der Waals surface area contributed by atoms with Crippen molar-refractivity contribution >= 4 is 0 Å². The van der Waals surface area contributed by atoms with Gasteiger partial charge >= 0.3 is 0 Å². The van der Waals surface area contributed by atoms with Crippen molar-refractivity contribution in [2.45, 2.75) is 26.7 Å². The van der Waals surface area contributed by atoms with Crippen LogP contribution in [0.25, 0.3) is 0 Å². The third-order valence-corrected chi connectivity index (χ3v) is 2.50. The van der Waals surface area contributed by atoms with E-state index in [1.807, 2.05) is 6.07 Å². The number of rotatable bonds is 4. The van der Waals surface area contributed by atoms with Crippen LogP contribution in [0.15, 0.2) is 18.2 Å². The van der Waals surface area contributed by atoms with Gasteiger partial charge in [0.05, 0.1) is 7.11 Å². The van der Waals surface area contributed by atoms with Crippen LogP contribution in [0.1, 0.15) is 25.8 Å². The fraction of sp³-hybridized carbons (Fsp3) is 0.500. The number of benzene rings is 1. The lowest BCUT2D eigenvalue weighted by Gasteiger charge is -2.09. The minimum atomic E-state index is -0.270. The van der Waals surface area contributed by atoms with E-state index in [-0.39, 0.29) is 5.82 Å². The van der Waals surface area contributed by atoms with Crippen LogP contribution in [-0.4, -0.2) is 7.11 Å². The van der Waals surface area contributed by atoms with Gasteiger partial charge in [-0.05, 0) is 30.0 Å². The molecule has 1 atom stereocenters. The molecular weight excluding hydrogens is 179 g/mol. The maximum Gasteiger partial charge on any atom is 0.165 e. The topological polar surface area (TPSA) is 9.23 Å². The van der Waals surface area contributed by atoms with E-state index in [2.05, 4.69) is 13.8 Å². The van der Waals surface area contributed by atoms with Crippen LogP contribution in [-0.2, 0) is 6.42 Å². The van der Waals surface area contributed by atoms with Crippen molar-refractivity contribution < 1.29 is 9.13 Å². The van der Waals surface area contributed by atoms with Gasteiger partial charge in [0.1, 0.15) is 0 Å². The second-order valence-electron chi connectivity index (χ2n) is 3.69. The fourth-order valence-electron chi connectivity index (χ4n) is 1.38. The summed E-state index contributed by atoms with van der Waals surface area (Å²) in [6, 6.07) is 5.17. The smallest absolute Gasteiger partial charge is 0.165 e. The van der Waals surface area contributed by atoms with E-state index in [1.54, 1.807) is 12.1 Å². The standard InChI is InChI=1S/C12H17FO/c1-4-9(2)7-10-5-6-12(14-3)11(13)8-10/h5-6,8-9H,4,7H2,1-3H3. The summed E-state index contributed by atoms with van der Waals surface area (Å²) in [4.78, 5) is 0. The van der Waals surface area contributed by atoms with Gasteiger partial charge in [0.25, 0.3) is 0 Å². The highest BCUT2D eigenvalue weighted by atomic mass is 19.1. The Bertz CT molecular complexity index is 296. The first kappa shape index (κ1) is 11.0. The predicted molar refractivity (Wildman–Crippen MR) is 56.1 cm³/mol.